The zero-order chi connectivity index (χ0) is 22.2. The number of fused-ring (bicyclic) bond motifs is 3. The lowest BCUT2D eigenvalue weighted by Gasteiger charge is -2.44. The van der Waals surface area contributed by atoms with Crippen LogP contribution in [0, 0.1) is 0 Å². The van der Waals surface area contributed by atoms with Gasteiger partial charge in [0.2, 0.25) is 5.43 Å². The first kappa shape index (κ1) is 20.3. The number of carbonyl (C=O) groups excluding carboxylic acids is 1. The number of pyridine rings is 1. The highest BCUT2D eigenvalue weighted by molar-refractivity contribution is 5.96. The molecular formula is C25H24FN3O3. The van der Waals surface area contributed by atoms with E-state index < -0.39 is 23.8 Å². The fraction of sp³-hybridized carbons (Fsp3) is 0.280. The maximum Gasteiger partial charge on any atom is 0.277 e. The minimum atomic E-state index is -0.612. The van der Waals surface area contributed by atoms with Crippen molar-refractivity contribution >= 4 is 5.91 Å². The van der Waals surface area contributed by atoms with Crippen LogP contribution in [0.1, 0.15) is 45.2 Å². The first-order valence-electron chi connectivity index (χ1n) is 10.8. The van der Waals surface area contributed by atoms with Crippen LogP contribution in [0.4, 0.5) is 4.39 Å². The molecule has 0 unspecified atom stereocenters. The predicted octanol–water partition coefficient (Wildman–Crippen LogP) is 3.15. The molecule has 1 aliphatic heterocycles. The number of aromatic hydroxyl groups is 1. The van der Waals surface area contributed by atoms with Crippen LogP contribution >= 0.6 is 0 Å². The molecule has 7 heteroatoms. The molecule has 0 saturated carbocycles. The normalized spacial score (nSPS) is 15.7. The van der Waals surface area contributed by atoms with Crippen molar-refractivity contribution in [2.75, 3.05) is 24.9 Å². The fourth-order valence-electron chi connectivity index (χ4n) is 4.83. The molecular weight excluding hydrogens is 409 g/mol. The highest BCUT2D eigenvalue weighted by atomic mass is 19.1. The summed E-state index contributed by atoms with van der Waals surface area (Å²) in [5.41, 5.74) is 3.96. The number of aromatic nitrogens is 1. The Morgan fingerprint density at radius 2 is 1.56 bits per heavy atom. The Hall–Kier alpha value is -3.61. The lowest BCUT2D eigenvalue weighted by molar-refractivity contribution is 0.0674. The average Bonchev–Trinajstić information content (AvgIpc) is 2.98. The summed E-state index contributed by atoms with van der Waals surface area (Å²) in [6.45, 7) is -0.141. The summed E-state index contributed by atoms with van der Waals surface area (Å²) in [4.78, 5) is 26.8. The molecule has 0 atom stereocenters. The van der Waals surface area contributed by atoms with Gasteiger partial charge < -0.3 is 10.0 Å². The van der Waals surface area contributed by atoms with Crippen molar-refractivity contribution in [1.82, 2.24) is 9.58 Å². The van der Waals surface area contributed by atoms with E-state index in [9.17, 15) is 19.1 Å². The largest absolute Gasteiger partial charge is 0.502 e. The van der Waals surface area contributed by atoms with Crippen LogP contribution in [0.15, 0.2) is 65.6 Å². The third kappa shape index (κ3) is 3.25. The molecule has 0 fully saturated rings. The number of halogens is 1. The molecule has 0 spiro atoms. The molecule has 1 amide bonds. The fourth-order valence-corrected chi connectivity index (χ4v) is 4.83. The van der Waals surface area contributed by atoms with Gasteiger partial charge in [0.1, 0.15) is 6.67 Å². The molecule has 6 nitrogen and oxygen atoms in total. The van der Waals surface area contributed by atoms with E-state index in [0.29, 0.717) is 0 Å². The van der Waals surface area contributed by atoms with Gasteiger partial charge in [-0.05, 0) is 41.5 Å². The van der Waals surface area contributed by atoms with Gasteiger partial charge in [0.05, 0.1) is 12.7 Å². The number of hydrogen-bond donors (Lipinski definition) is 1. The van der Waals surface area contributed by atoms with Crippen molar-refractivity contribution in [2.24, 2.45) is 0 Å². The molecule has 0 bridgehead atoms. The van der Waals surface area contributed by atoms with Gasteiger partial charge in [-0.15, -0.1) is 0 Å². The lowest BCUT2D eigenvalue weighted by atomic mass is 9.94. The Kier molecular flexibility index (Phi) is 5.17. The van der Waals surface area contributed by atoms with Crippen molar-refractivity contribution in [3.8, 4) is 5.75 Å². The Balaban J connectivity index is 1.74. The topological polar surface area (TPSA) is 65.8 Å². The van der Waals surface area contributed by atoms with Gasteiger partial charge in [-0.1, -0.05) is 48.5 Å². The molecule has 1 aromatic heterocycles. The number of hydrogen-bond acceptors (Lipinski definition) is 4. The van der Waals surface area contributed by atoms with Gasteiger partial charge in [-0.25, -0.2) is 0 Å². The summed E-state index contributed by atoms with van der Waals surface area (Å²) >= 11 is 0. The summed E-state index contributed by atoms with van der Waals surface area (Å²) < 4.78 is 14.5. The number of carbonyl (C=O) groups is 1. The molecule has 1 aliphatic carbocycles. The first-order chi connectivity index (χ1) is 15.6. The van der Waals surface area contributed by atoms with E-state index in [4.69, 9.17) is 0 Å². The first-order valence-corrected chi connectivity index (χ1v) is 10.8. The zero-order valence-corrected chi connectivity index (χ0v) is 17.6. The smallest absolute Gasteiger partial charge is 0.277 e. The van der Waals surface area contributed by atoms with E-state index in [1.165, 1.54) is 28.3 Å². The van der Waals surface area contributed by atoms with Crippen LogP contribution in [-0.4, -0.2) is 40.5 Å². The molecule has 2 heterocycles. The van der Waals surface area contributed by atoms with Crippen molar-refractivity contribution in [3.63, 3.8) is 0 Å². The van der Waals surface area contributed by atoms with Gasteiger partial charge in [0.25, 0.3) is 5.91 Å². The van der Waals surface area contributed by atoms with Crippen LogP contribution < -0.4 is 10.4 Å². The summed E-state index contributed by atoms with van der Waals surface area (Å²) in [6.07, 6.45) is 3.52. The van der Waals surface area contributed by atoms with Gasteiger partial charge in [0.15, 0.2) is 11.4 Å². The third-order valence-corrected chi connectivity index (χ3v) is 6.36. The standard InChI is InChI=1S/C25H24FN3O3/c26-13-5-14-27-16-29(28-15-12-21(30)24(31)23(28)25(27)32)22-19-8-3-1-6-17(19)10-11-18-7-2-4-9-20(18)22/h1-4,6-9,12,15,22,31H,5,10-11,13-14,16H2. The quantitative estimate of drug-likeness (QED) is 0.687. The monoisotopic (exact) mass is 433 g/mol. The number of aryl methyl sites for hydroxylation is 2. The third-order valence-electron chi connectivity index (χ3n) is 6.36. The second kappa shape index (κ2) is 8.15. The predicted molar refractivity (Wildman–Crippen MR) is 119 cm³/mol. The molecule has 0 radical (unpaired) electrons. The minimum Gasteiger partial charge on any atom is -0.502 e. The van der Waals surface area contributed by atoms with E-state index in [2.05, 4.69) is 24.3 Å². The van der Waals surface area contributed by atoms with Crippen LogP contribution in [-0.2, 0) is 12.8 Å². The highest BCUT2D eigenvalue weighted by Gasteiger charge is 2.38. The molecule has 2 aromatic carbocycles. The zero-order valence-electron chi connectivity index (χ0n) is 17.6. The number of alkyl halides is 1. The second-order valence-corrected chi connectivity index (χ2v) is 8.21. The maximum absolute atomic E-state index is 13.1. The SMILES string of the molecule is O=C1c2c(O)c(=O)ccn2N(C2c3ccccc3CCc3ccccc32)CN1CCCF. The van der Waals surface area contributed by atoms with E-state index in [-0.39, 0.29) is 31.4 Å². The van der Waals surface area contributed by atoms with E-state index in [1.54, 1.807) is 4.68 Å². The summed E-state index contributed by atoms with van der Waals surface area (Å²) in [5, 5.41) is 12.5. The molecule has 1 N–H and O–H groups in total. The van der Waals surface area contributed by atoms with Crippen LogP contribution in [0.5, 0.6) is 5.75 Å². The van der Waals surface area contributed by atoms with Crippen molar-refractivity contribution in [3.05, 3.63) is 99.0 Å². The van der Waals surface area contributed by atoms with Crippen LogP contribution in [0.25, 0.3) is 0 Å². The number of benzene rings is 2. The number of rotatable bonds is 4. The van der Waals surface area contributed by atoms with E-state index in [0.717, 1.165) is 24.0 Å². The maximum atomic E-state index is 13.1. The van der Waals surface area contributed by atoms with Crippen LogP contribution in [0.3, 0.4) is 0 Å². The molecule has 32 heavy (non-hydrogen) atoms. The number of amides is 1. The molecule has 164 valence electrons. The molecule has 3 aromatic rings. The van der Waals surface area contributed by atoms with Crippen LogP contribution in [0.2, 0.25) is 0 Å². The molecule has 2 aliphatic rings. The molecule has 5 rings (SSSR count). The lowest BCUT2D eigenvalue weighted by Crippen LogP contribution is -2.55. The average molecular weight is 433 g/mol. The van der Waals surface area contributed by atoms with Crippen molar-refractivity contribution in [2.45, 2.75) is 25.3 Å². The van der Waals surface area contributed by atoms with Gasteiger partial charge in [-0.3, -0.25) is 23.7 Å². The Morgan fingerprint density at radius 1 is 0.938 bits per heavy atom. The van der Waals surface area contributed by atoms with E-state index >= 15 is 0 Å². The summed E-state index contributed by atoms with van der Waals surface area (Å²) in [5.74, 6) is -1.05. The highest BCUT2D eigenvalue weighted by Crippen LogP contribution is 2.38. The summed E-state index contributed by atoms with van der Waals surface area (Å²) in [6, 6.07) is 17.5. The van der Waals surface area contributed by atoms with Crippen molar-refractivity contribution in [1.29, 1.82) is 0 Å². The summed E-state index contributed by atoms with van der Waals surface area (Å²) in [7, 11) is 0. The minimum absolute atomic E-state index is 0.0817. The Labute approximate surface area is 185 Å². The molecule has 0 saturated heterocycles. The number of nitrogens with zero attached hydrogens (tertiary/aromatic N) is 3. The second-order valence-electron chi connectivity index (χ2n) is 8.21. The van der Waals surface area contributed by atoms with Gasteiger partial charge in [-0.2, -0.15) is 0 Å². The van der Waals surface area contributed by atoms with Gasteiger partial charge >= 0.3 is 0 Å². The van der Waals surface area contributed by atoms with Crippen molar-refractivity contribution < 1.29 is 14.3 Å². The van der Waals surface area contributed by atoms with Gasteiger partial charge in [0, 0.05) is 18.8 Å². The Bertz CT molecular complexity index is 1190. The van der Waals surface area contributed by atoms with E-state index in [1.807, 2.05) is 29.3 Å². The Morgan fingerprint density at radius 3 is 2.19 bits per heavy atom.